The van der Waals surface area contributed by atoms with E-state index >= 15 is 0 Å². The van der Waals surface area contributed by atoms with Gasteiger partial charge in [0.05, 0.1) is 11.2 Å². The van der Waals surface area contributed by atoms with E-state index in [-0.39, 0.29) is 5.41 Å². The Morgan fingerprint density at radius 1 is 0.383 bits per heavy atom. The summed E-state index contributed by atoms with van der Waals surface area (Å²) in [6.45, 7) is 4.61. The van der Waals surface area contributed by atoms with E-state index in [4.69, 9.17) is 19.9 Å². The van der Waals surface area contributed by atoms with Gasteiger partial charge in [-0.2, -0.15) is 0 Å². The van der Waals surface area contributed by atoms with Gasteiger partial charge in [0.1, 0.15) is 0 Å². The molecule has 1 aliphatic carbocycles. The van der Waals surface area contributed by atoms with Gasteiger partial charge in [0.15, 0.2) is 17.5 Å². The molecule has 11 aromatic rings. The maximum Gasteiger partial charge on any atom is 0.164 e. The molecule has 0 atom stereocenters. The maximum absolute atomic E-state index is 5.20. The maximum atomic E-state index is 5.20. The van der Waals surface area contributed by atoms with E-state index in [9.17, 15) is 0 Å². The van der Waals surface area contributed by atoms with E-state index in [0.29, 0.717) is 17.5 Å². The summed E-state index contributed by atoms with van der Waals surface area (Å²) in [5, 5.41) is 6.14. The van der Waals surface area contributed by atoms with E-state index in [1.165, 1.54) is 64.1 Å². The third-order valence-electron chi connectivity index (χ3n) is 12.3. The zero-order valence-corrected chi connectivity index (χ0v) is 33.8. The highest BCUT2D eigenvalue weighted by atomic mass is 32.1. The third-order valence-corrected chi connectivity index (χ3v) is 13.5. The molecule has 12 rings (SSSR count). The normalized spacial score (nSPS) is 13.0. The molecule has 1 aliphatic rings. The highest BCUT2D eigenvalue weighted by Gasteiger charge is 2.35. The van der Waals surface area contributed by atoms with Crippen LogP contribution in [-0.4, -0.2) is 19.9 Å². The lowest BCUT2D eigenvalue weighted by Gasteiger charge is -2.21. The van der Waals surface area contributed by atoms with Crippen LogP contribution in [0.1, 0.15) is 25.0 Å². The third kappa shape index (κ3) is 5.36. The molecular formula is C55H36N4S. The van der Waals surface area contributed by atoms with Gasteiger partial charge in [-0.05, 0) is 51.6 Å². The first-order valence-electron chi connectivity index (χ1n) is 20.4. The smallest absolute Gasteiger partial charge is 0.164 e. The van der Waals surface area contributed by atoms with Crippen LogP contribution in [0.5, 0.6) is 0 Å². The van der Waals surface area contributed by atoms with Crippen LogP contribution in [0.2, 0.25) is 0 Å². The molecule has 4 nitrogen and oxygen atoms in total. The number of pyridine rings is 1. The SMILES string of the molecule is CC1(C)c2ccccc2-c2cc(-c3nc(-c4ccccc4)nc(-c4ccc(-c5cccc6c5sc5ccc7c(-c8ccccc8)nc8ccccc8c7c56)cc4)n3)ccc21. The summed E-state index contributed by atoms with van der Waals surface area (Å²) >= 11 is 1.86. The Bertz CT molecular complexity index is 3500. The Kier molecular flexibility index (Phi) is 7.72. The lowest BCUT2D eigenvalue weighted by atomic mass is 9.82. The molecule has 0 saturated carbocycles. The molecule has 0 fully saturated rings. The highest BCUT2D eigenvalue weighted by molar-refractivity contribution is 7.26. The minimum absolute atomic E-state index is 0.0720. The van der Waals surface area contributed by atoms with E-state index in [1.807, 2.05) is 29.5 Å². The van der Waals surface area contributed by atoms with Gasteiger partial charge in [0.25, 0.3) is 0 Å². The van der Waals surface area contributed by atoms with Crippen LogP contribution in [0.3, 0.4) is 0 Å². The fourth-order valence-electron chi connectivity index (χ4n) is 9.38. The van der Waals surface area contributed by atoms with Crippen LogP contribution in [0.4, 0.5) is 0 Å². The molecule has 0 radical (unpaired) electrons. The molecule has 0 saturated heterocycles. The average Bonchev–Trinajstić information content (AvgIpc) is 3.81. The van der Waals surface area contributed by atoms with Gasteiger partial charge in [-0.1, -0.05) is 178 Å². The van der Waals surface area contributed by atoms with Crippen molar-refractivity contribution in [2.75, 3.05) is 0 Å². The number of nitrogens with zero attached hydrogens (tertiary/aromatic N) is 4. The van der Waals surface area contributed by atoms with Gasteiger partial charge >= 0.3 is 0 Å². The van der Waals surface area contributed by atoms with Crippen molar-refractivity contribution in [1.29, 1.82) is 0 Å². The van der Waals surface area contributed by atoms with Crippen molar-refractivity contribution in [3.8, 4) is 67.7 Å². The minimum atomic E-state index is -0.0720. The molecule has 282 valence electrons. The molecule has 3 heterocycles. The summed E-state index contributed by atoms with van der Waals surface area (Å²) in [6, 6.07) is 64.7. The lowest BCUT2D eigenvalue weighted by Crippen LogP contribution is -2.14. The standard InChI is InChI=1S/C55H36N4S/c1-55(2)44-22-11-9-18-39(44)43-32-37(28-30-45(43)55)54-58-52(35-16-7-4-8-17-35)57-53(59-54)36-26-24-33(25-27-36)38-20-13-21-42-49-47(60-51(38)42)31-29-41-48(49)40-19-10-12-23-46(40)56-50(41)34-14-5-3-6-15-34/h3-32H,1-2H3. The Labute approximate surface area is 351 Å². The van der Waals surface area contributed by atoms with E-state index < -0.39 is 0 Å². The van der Waals surface area contributed by atoms with Gasteiger partial charge in [-0.25, -0.2) is 19.9 Å². The summed E-state index contributed by atoms with van der Waals surface area (Å²) in [5.74, 6) is 1.96. The summed E-state index contributed by atoms with van der Waals surface area (Å²) in [4.78, 5) is 20.5. The fraction of sp³-hybridized carbons (Fsp3) is 0.0545. The van der Waals surface area contributed by atoms with Gasteiger partial charge < -0.3 is 0 Å². The average molecular weight is 785 g/mol. The summed E-state index contributed by atoms with van der Waals surface area (Å²) in [7, 11) is 0. The number of benzene rings is 8. The topological polar surface area (TPSA) is 51.6 Å². The molecule has 5 heteroatoms. The Morgan fingerprint density at radius 2 is 0.967 bits per heavy atom. The number of hydrogen-bond acceptors (Lipinski definition) is 5. The van der Waals surface area contributed by atoms with Crippen molar-refractivity contribution in [3.63, 3.8) is 0 Å². The second kappa shape index (κ2) is 13.3. The van der Waals surface area contributed by atoms with E-state index in [2.05, 4.69) is 178 Å². The first-order valence-corrected chi connectivity index (χ1v) is 21.2. The number of para-hydroxylation sites is 1. The van der Waals surface area contributed by atoms with Gasteiger partial charge in [0.2, 0.25) is 0 Å². The second-order valence-corrected chi connectivity index (χ2v) is 17.2. The lowest BCUT2D eigenvalue weighted by molar-refractivity contribution is 0.660. The zero-order chi connectivity index (χ0) is 40.0. The predicted octanol–water partition coefficient (Wildman–Crippen LogP) is 14.6. The largest absolute Gasteiger partial charge is 0.247 e. The Hall–Kier alpha value is -7.34. The minimum Gasteiger partial charge on any atom is -0.247 e. The van der Waals surface area contributed by atoms with Gasteiger partial charge in [-0.3, -0.25) is 0 Å². The number of fused-ring (bicyclic) bond motifs is 10. The predicted molar refractivity (Wildman–Crippen MR) is 250 cm³/mol. The summed E-state index contributed by atoms with van der Waals surface area (Å²) < 4.78 is 2.53. The molecule has 3 aromatic heterocycles. The van der Waals surface area contributed by atoms with Crippen LogP contribution in [0, 0.1) is 0 Å². The summed E-state index contributed by atoms with van der Waals surface area (Å²) in [6.07, 6.45) is 0. The number of hydrogen-bond donors (Lipinski definition) is 0. The van der Waals surface area contributed by atoms with Crippen molar-refractivity contribution in [2.24, 2.45) is 0 Å². The monoisotopic (exact) mass is 784 g/mol. The van der Waals surface area contributed by atoms with Crippen molar-refractivity contribution in [2.45, 2.75) is 19.3 Å². The van der Waals surface area contributed by atoms with Crippen molar-refractivity contribution >= 4 is 53.2 Å². The van der Waals surface area contributed by atoms with Crippen LogP contribution in [-0.2, 0) is 5.41 Å². The van der Waals surface area contributed by atoms with Crippen LogP contribution in [0.15, 0.2) is 182 Å². The summed E-state index contributed by atoms with van der Waals surface area (Å²) in [5.41, 5.74) is 13.5. The number of thiophene rings is 1. The van der Waals surface area contributed by atoms with Gasteiger partial charge in [-0.15, -0.1) is 11.3 Å². The molecule has 0 bridgehead atoms. The first-order chi connectivity index (χ1) is 29.5. The van der Waals surface area contributed by atoms with E-state index in [0.717, 1.165) is 39.0 Å². The molecule has 0 aliphatic heterocycles. The molecular weight excluding hydrogens is 749 g/mol. The Morgan fingerprint density at radius 3 is 1.75 bits per heavy atom. The number of aromatic nitrogens is 4. The quantitative estimate of drug-likeness (QED) is 0.163. The van der Waals surface area contributed by atoms with Crippen molar-refractivity contribution in [1.82, 2.24) is 19.9 Å². The van der Waals surface area contributed by atoms with E-state index in [1.54, 1.807) is 0 Å². The molecule has 0 amide bonds. The van der Waals surface area contributed by atoms with Crippen LogP contribution >= 0.6 is 11.3 Å². The molecule has 0 N–H and O–H groups in total. The molecule has 60 heavy (non-hydrogen) atoms. The molecule has 8 aromatic carbocycles. The zero-order valence-electron chi connectivity index (χ0n) is 33.0. The van der Waals surface area contributed by atoms with Gasteiger partial charge in [0, 0.05) is 64.0 Å². The second-order valence-electron chi connectivity index (χ2n) is 16.2. The number of rotatable bonds is 5. The fourth-order valence-corrected chi connectivity index (χ4v) is 10.6. The first kappa shape index (κ1) is 34.7. The molecule has 0 unspecified atom stereocenters. The highest BCUT2D eigenvalue weighted by Crippen LogP contribution is 2.50. The van der Waals surface area contributed by atoms with Crippen LogP contribution < -0.4 is 0 Å². The molecule has 0 spiro atoms. The van der Waals surface area contributed by atoms with Crippen LogP contribution in [0.25, 0.3) is 110 Å². The Balaban J connectivity index is 0.984. The van der Waals surface area contributed by atoms with Crippen molar-refractivity contribution in [3.05, 3.63) is 193 Å². The van der Waals surface area contributed by atoms with Crippen molar-refractivity contribution < 1.29 is 0 Å².